The SMILES string of the molecule is CC(C)CCCC(C)C1CCC2C3CCC4CC(C(C#N)C#N)CCC4(C)C3CCC12C. The summed E-state index contributed by atoms with van der Waals surface area (Å²) in [6.07, 6.45) is 16.3. The fourth-order valence-corrected chi connectivity index (χ4v) is 9.86. The number of nitrogens with zero attached hydrogens (tertiary/aromatic N) is 2. The number of nitriles is 2. The van der Waals surface area contributed by atoms with Crippen LogP contribution in [0.5, 0.6) is 0 Å². The molecule has 4 rings (SSSR count). The first-order valence-corrected chi connectivity index (χ1v) is 14.0. The van der Waals surface area contributed by atoms with Gasteiger partial charge in [-0.05, 0) is 116 Å². The molecule has 0 amide bonds. The van der Waals surface area contributed by atoms with Crippen LogP contribution in [0.15, 0.2) is 0 Å². The third kappa shape index (κ3) is 4.04. The van der Waals surface area contributed by atoms with Crippen LogP contribution in [-0.4, -0.2) is 0 Å². The maximum absolute atomic E-state index is 9.44. The van der Waals surface area contributed by atoms with Crippen LogP contribution in [0, 0.1) is 86.8 Å². The van der Waals surface area contributed by atoms with Crippen LogP contribution in [0.25, 0.3) is 0 Å². The Morgan fingerprint density at radius 2 is 1.50 bits per heavy atom. The van der Waals surface area contributed by atoms with E-state index < -0.39 is 0 Å². The molecule has 0 aromatic heterocycles. The van der Waals surface area contributed by atoms with E-state index in [-0.39, 0.29) is 5.92 Å². The molecule has 0 heterocycles. The summed E-state index contributed by atoms with van der Waals surface area (Å²) in [5.41, 5.74) is 1.03. The molecule has 9 unspecified atom stereocenters. The molecule has 0 bridgehead atoms. The van der Waals surface area contributed by atoms with Gasteiger partial charge in [-0.25, -0.2) is 0 Å². The van der Waals surface area contributed by atoms with Gasteiger partial charge in [0, 0.05) is 0 Å². The zero-order valence-electron chi connectivity index (χ0n) is 21.6. The smallest absolute Gasteiger partial charge is 0.136 e. The van der Waals surface area contributed by atoms with Crippen LogP contribution < -0.4 is 0 Å². The Balaban J connectivity index is 1.45. The molecule has 4 aliphatic carbocycles. The highest BCUT2D eigenvalue weighted by Crippen LogP contribution is 2.68. The molecule has 4 saturated carbocycles. The van der Waals surface area contributed by atoms with Crippen molar-refractivity contribution in [3.8, 4) is 12.1 Å². The van der Waals surface area contributed by atoms with E-state index in [0.717, 1.165) is 54.3 Å². The summed E-state index contributed by atoms with van der Waals surface area (Å²) >= 11 is 0. The molecule has 0 N–H and O–H groups in total. The third-order valence-electron chi connectivity index (χ3n) is 11.7. The molecule has 178 valence electrons. The van der Waals surface area contributed by atoms with Crippen LogP contribution in [0.4, 0.5) is 0 Å². The van der Waals surface area contributed by atoms with Gasteiger partial charge in [-0.15, -0.1) is 0 Å². The molecule has 4 fully saturated rings. The first-order valence-electron chi connectivity index (χ1n) is 14.0. The number of hydrogen-bond donors (Lipinski definition) is 0. The minimum absolute atomic E-state index is 0.316. The van der Waals surface area contributed by atoms with Crippen molar-refractivity contribution in [2.75, 3.05) is 0 Å². The third-order valence-corrected chi connectivity index (χ3v) is 11.7. The van der Waals surface area contributed by atoms with E-state index >= 15 is 0 Å². The fourth-order valence-electron chi connectivity index (χ4n) is 9.86. The molecule has 0 radical (unpaired) electrons. The predicted molar refractivity (Wildman–Crippen MR) is 131 cm³/mol. The molecule has 2 nitrogen and oxygen atoms in total. The van der Waals surface area contributed by atoms with Gasteiger partial charge in [0.1, 0.15) is 5.92 Å². The number of hydrogen-bond acceptors (Lipinski definition) is 2. The maximum Gasteiger partial charge on any atom is 0.136 e. The van der Waals surface area contributed by atoms with Crippen LogP contribution in [0.3, 0.4) is 0 Å². The zero-order valence-corrected chi connectivity index (χ0v) is 21.6. The highest BCUT2D eigenvalue weighted by molar-refractivity contribution is 5.11. The topological polar surface area (TPSA) is 47.6 Å². The summed E-state index contributed by atoms with van der Waals surface area (Å²) in [6.45, 7) is 12.6. The second kappa shape index (κ2) is 9.32. The van der Waals surface area contributed by atoms with Crippen molar-refractivity contribution in [2.24, 2.45) is 64.1 Å². The Morgan fingerprint density at radius 1 is 0.812 bits per heavy atom. The van der Waals surface area contributed by atoms with Crippen LogP contribution in [-0.2, 0) is 0 Å². The maximum atomic E-state index is 9.44. The Bertz CT molecular complexity index is 729. The van der Waals surface area contributed by atoms with Crippen molar-refractivity contribution in [2.45, 2.75) is 112 Å². The van der Waals surface area contributed by atoms with Gasteiger partial charge in [0.05, 0.1) is 12.1 Å². The number of fused-ring (bicyclic) bond motifs is 5. The summed E-state index contributed by atoms with van der Waals surface area (Å²) in [7, 11) is 0. The molecule has 0 spiro atoms. The van der Waals surface area contributed by atoms with Crippen LogP contribution in [0.1, 0.15) is 112 Å². The monoisotopic (exact) mass is 436 g/mol. The van der Waals surface area contributed by atoms with E-state index in [9.17, 15) is 10.5 Å². The quantitative estimate of drug-likeness (QED) is 0.419. The first kappa shape index (κ1) is 24.1. The fraction of sp³-hybridized carbons (Fsp3) is 0.933. The highest BCUT2D eigenvalue weighted by Gasteiger charge is 2.60. The van der Waals surface area contributed by atoms with Crippen molar-refractivity contribution < 1.29 is 0 Å². The van der Waals surface area contributed by atoms with E-state index in [1.165, 1.54) is 64.2 Å². The Kier molecular flexibility index (Phi) is 7.02. The lowest BCUT2D eigenvalue weighted by molar-refractivity contribution is -0.122. The molecule has 32 heavy (non-hydrogen) atoms. The lowest BCUT2D eigenvalue weighted by Gasteiger charge is -2.61. The summed E-state index contributed by atoms with van der Waals surface area (Å²) < 4.78 is 0. The summed E-state index contributed by atoms with van der Waals surface area (Å²) in [4.78, 5) is 0. The molecule has 0 aromatic rings. The van der Waals surface area contributed by atoms with E-state index in [4.69, 9.17) is 0 Å². The second-order valence-corrected chi connectivity index (χ2v) is 13.5. The summed E-state index contributed by atoms with van der Waals surface area (Å²) in [6, 6.07) is 4.59. The van der Waals surface area contributed by atoms with E-state index in [1.807, 2.05) is 0 Å². The second-order valence-electron chi connectivity index (χ2n) is 13.5. The van der Waals surface area contributed by atoms with Gasteiger partial charge in [0.2, 0.25) is 0 Å². The van der Waals surface area contributed by atoms with Gasteiger partial charge in [-0.2, -0.15) is 10.5 Å². The van der Waals surface area contributed by atoms with Gasteiger partial charge in [-0.3, -0.25) is 0 Å². The minimum Gasteiger partial charge on any atom is -0.197 e. The summed E-state index contributed by atoms with van der Waals surface area (Å²) in [5.74, 6) is 6.09. The summed E-state index contributed by atoms with van der Waals surface area (Å²) in [5, 5.41) is 18.9. The van der Waals surface area contributed by atoms with Crippen molar-refractivity contribution in [1.82, 2.24) is 0 Å². The number of rotatable bonds is 6. The van der Waals surface area contributed by atoms with Crippen molar-refractivity contribution in [1.29, 1.82) is 10.5 Å². The van der Waals surface area contributed by atoms with Crippen molar-refractivity contribution >= 4 is 0 Å². The molecular weight excluding hydrogens is 388 g/mol. The Morgan fingerprint density at radius 3 is 2.19 bits per heavy atom. The largest absolute Gasteiger partial charge is 0.197 e. The lowest BCUT2D eigenvalue weighted by Crippen LogP contribution is -2.54. The zero-order chi connectivity index (χ0) is 23.1. The first-order chi connectivity index (χ1) is 15.2. The van der Waals surface area contributed by atoms with Gasteiger partial charge < -0.3 is 0 Å². The molecule has 4 aliphatic rings. The van der Waals surface area contributed by atoms with Crippen LogP contribution >= 0.6 is 0 Å². The Hall–Kier alpha value is -1.02. The average Bonchev–Trinajstić information content (AvgIpc) is 3.11. The minimum atomic E-state index is -0.389. The molecule has 9 atom stereocenters. The standard InChI is InChI=1S/C30H48N2/c1-20(2)7-6-8-21(3)26-11-12-27-25-10-9-24-17-22(23(18-31)19-32)13-15-29(24,4)28(25)14-16-30(26,27)5/h20-28H,6-17H2,1-5H3. The van der Waals surface area contributed by atoms with Gasteiger partial charge in [0.15, 0.2) is 0 Å². The molecule has 0 aliphatic heterocycles. The van der Waals surface area contributed by atoms with E-state index in [0.29, 0.717) is 16.7 Å². The van der Waals surface area contributed by atoms with Gasteiger partial charge in [-0.1, -0.05) is 53.9 Å². The Labute approximate surface area is 198 Å². The average molecular weight is 437 g/mol. The van der Waals surface area contributed by atoms with E-state index in [2.05, 4.69) is 46.8 Å². The van der Waals surface area contributed by atoms with Crippen molar-refractivity contribution in [3.05, 3.63) is 0 Å². The van der Waals surface area contributed by atoms with Gasteiger partial charge in [0.25, 0.3) is 0 Å². The molecule has 0 saturated heterocycles. The molecule has 0 aromatic carbocycles. The highest BCUT2D eigenvalue weighted by atomic mass is 14.7. The predicted octanol–water partition coefficient (Wildman–Crippen LogP) is 8.39. The van der Waals surface area contributed by atoms with Gasteiger partial charge >= 0.3 is 0 Å². The normalized spacial score (nSPS) is 44.3. The lowest BCUT2D eigenvalue weighted by atomic mass is 9.43. The van der Waals surface area contributed by atoms with Crippen LogP contribution in [0.2, 0.25) is 0 Å². The van der Waals surface area contributed by atoms with E-state index in [1.54, 1.807) is 0 Å². The molecule has 2 heteroatoms. The van der Waals surface area contributed by atoms with Crippen molar-refractivity contribution in [3.63, 3.8) is 0 Å². The molecular formula is C30H48N2.